The largest absolute Gasteiger partial charge is 0.449 e. The Bertz CT molecular complexity index is 1410. The lowest BCUT2D eigenvalue weighted by Crippen LogP contribution is -2.49. The van der Waals surface area contributed by atoms with E-state index >= 15 is 0 Å². The van der Waals surface area contributed by atoms with Crippen molar-refractivity contribution in [2.75, 3.05) is 31.1 Å². The quantitative estimate of drug-likeness (QED) is 0.398. The Balaban J connectivity index is 1.27. The molecule has 0 aliphatic carbocycles. The van der Waals surface area contributed by atoms with Crippen LogP contribution in [-0.2, 0) is 10.0 Å². The lowest BCUT2D eigenvalue weighted by atomic mass is 10.2. The predicted octanol–water partition coefficient (Wildman–Crippen LogP) is 4.05. The molecular weight excluding hydrogens is 466 g/mol. The fourth-order valence-corrected chi connectivity index (χ4v) is 5.37. The summed E-state index contributed by atoms with van der Waals surface area (Å²) in [6, 6.07) is 17.9. The van der Waals surface area contributed by atoms with E-state index in [1.807, 2.05) is 37.3 Å². The average Bonchev–Trinajstić information content (AvgIpc) is 3.31. The minimum atomic E-state index is -3.61. The van der Waals surface area contributed by atoms with E-state index in [4.69, 9.17) is 9.15 Å². The minimum Gasteiger partial charge on any atom is -0.449 e. The zero-order valence-electron chi connectivity index (χ0n) is 19.5. The number of piperazine rings is 1. The molecule has 9 nitrogen and oxygen atoms in total. The summed E-state index contributed by atoms with van der Waals surface area (Å²) in [5.41, 5.74) is 1.48. The Morgan fingerprint density at radius 2 is 1.60 bits per heavy atom. The zero-order valence-corrected chi connectivity index (χ0v) is 20.3. The van der Waals surface area contributed by atoms with Crippen LogP contribution in [0.15, 0.2) is 76.2 Å². The van der Waals surface area contributed by atoms with Crippen molar-refractivity contribution in [1.82, 2.24) is 19.3 Å². The SMILES string of the molecule is Cc1nc(Oc2ccccc2)cc(N2CCN(S(=O)(=O)c3ccc(-c4coc(C)n4)cc3)CC2)n1. The van der Waals surface area contributed by atoms with Gasteiger partial charge in [0.1, 0.15) is 29.3 Å². The summed E-state index contributed by atoms with van der Waals surface area (Å²) >= 11 is 0. The van der Waals surface area contributed by atoms with Crippen LogP contribution in [0.2, 0.25) is 0 Å². The van der Waals surface area contributed by atoms with Crippen molar-refractivity contribution in [3.05, 3.63) is 78.6 Å². The predicted molar refractivity (Wildman–Crippen MR) is 131 cm³/mol. The second-order valence-corrected chi connectivity index (χ2v) is 10.1. The van der Waals surface area contributed by atoms with E-state index < -0.39 is 10.0 Å². The normalized spacial score (nSPS) is 14.7. The van der Waals surface area contributed by atoms with Crippen LogP contribution in [0.4, 0.5) is 5.82 Å². The first-order valence-electron chi connectivity index (χ1n) is 11.2. The van der Waals surface area contributed by atoms with E-state index in [0.717, 1.165) is 5.56 Å². The highest BCUT2D eigenvalue weighted by atomic mass is 32.2. The van der Waals surface area contributed by atoms with Crippen LogP contribution >= 0.6 is 0 Å². The highest BCUT2D eigenvalue weighted by molar-refractivity contribution is 7.89. The molecule has 0 saturated carbocycles. The van der Waals surface area contributed by atoms with Crippen molar-refractivity contribution >= 4 is 15.8 Å². The Morgan fingerprint density at radius 3 is 2.26 bits per heavy atom. The molecule has 180 valence electrons. The van der Waals surface area contributed by atoms with Crippen LogP contribution in [0.5, 0.6) is 11.6 Å². The summed E-state index contributed by atoms with van der Waals surface area (Å²) in [7, 11) is -3.61. The van der Waals surface area contributed by atoms with Crippen LogP contribution in [0.25, 0.3) is 11.3 Å². The average molecular weight is 492 g/mol. The van der Waals surface area contributed by atoms with Crippen molar-refractivity contribution < 1.29 is 17.6 Å². The molecule has 5 rings (SSSR count). The van der Waals surface area contributed by atoms with Crippen LogP contribution in [0, 0.1) is 13.8 Å². The number of benzene rings is 2. The van der Waals surface area contributed by atoms with Gasteiger partial charge in [0.25, 0.3) is 0 Å². The van der Waals surface area contributed by atoms with Crippen molar-refractivity contribution in [3.8, 4) is 22.9 Å². The maximum atomic E-state index is 13.2. The summed E-state index contributed by atoms with van der Waals surface area (Å²) in [5, 5.41) is 0. The van der Waals surface area contributed by atoms with Gasteiger partial charge in [-0.1, -0.05) is 30.3 Å². The third-order valence-corrected chi connectivity index (χ3v) is 7.65. The molecule has 4 aromatic rings. The number of aryl methyl sites for hydroxylation is 2. The summed E-state index contributed by atoms with van der Waals surface area (Å²) in [6.07, 6.45) is 1.56. The van der Waals surface area contributed by atoms with Crippen LogP contribution < -0.4 is 9.64 Å². The van der Waals surface area contributed by atoms with Crippen molar-refractivity contribution in [2.24, 2.45) is 0 Å². The molecule has 0 unspecified atom stereocenters. The summed E-state index contributed by atoms with van der Waals surface area (Å²) in [6.45, 7) is 5.30. The van der Waals surface area contributed by atoms with Crippen LogP contribution in [-0.4, -0.2) is 53.9 Å². The first-order valence-corrected chi connectivity index (χ1v) is 12.7. The molecule has 0 N–H and O–H groups in total. The first-order chi connectivity index (χ1) is 16.9. The minimum absolute atomic E-state index is 0.256. The lowest BCUT2D eigenvalue weighted by molar-refractivity contribution is 0.383. The topological polar surface area (TPSA) is 102 Å². The van der Waals surface area contributed by atoms with Crippen molar-refractivity contribution in [1.29, 1.82) is 0 Å². The number of hydrogen-bond acceptors (Lipinski definition) is 8. The van der Waals surface area contributed by atoms with Gasteiger partial charge in [-0.2, -0.15) is 9.29 Å². The fraction of sp³-hybridized carbons (Fsp3) is 0.240. The molecule has 0 radical (unpaired) electrons. The summed E-state index contributed by atoms with van der Waals surface area (Å²) in [5.74, 6) is 3.01. The zero-order chi connectivity index (χ0) is 24.4. The van der Waals surface area contributed by atoms with E-state index in [1.165, 1.54) is 4.31 Å². The lowest BCUT2D eigenvalue weighted by Gasteiger charge is -2.34. The maximum Gasteiger partial charge on any atom is 0.243 e. The number of rotatable bonds is 6. The second kappa shape index (κ2) is 9.47. The van der Waals surface area contributed by atoms with Crippen LogP contribution in [0.1, 0.15) is 11.7 Å². The van der Waals surface area contributed by atoms with Gasteiger partial charge in [-0.3, -0.25) is 0 Å². The number of sulfonamides is 1. The number of anilines is 1. The molecule has 0 bridgehead atoms. The molecule has 0 spiro atoms. The Kier molecular flexibility index (Phi) is 6.23. The van der Waals surface area contributed by atoms with Gasteiger partial charge in [-0.05, 0) is 31.2 Å². The molecule has 10 heteroatoms. The number of oxazole rings is 1. The summed E-state index contributed by atoms with van der Waals surface area (Å²) < 4.78 is 39.1. The molecule has 2 aromatic carbocycles. The Labute approximate surface area is 204 Å². The number of hydrogen-bond donors (Lipinski definition) is 0. The molecule has 0 amide bonds. The number of para-hydroxylation sites is 1. The molecule has 35 heavy (non-hydrogen) atoms. The van der Waals surface area contributed by atoms with Gasteiger partial charge < -0.3 is 14.1 Å². The molecule has 2 aromatic heterocycles. The highest BCUT2D eigenvalue weighted by Gasteiger charge is 2.29. The van der Waals surface area contributed by atoms with Crippen LogP contribution in [0.3, 0.4) is 0 Å². The smallest absolute Gasteiger partial charge is 0.243 e. The standard InChI is InChI=1S/C25H25N5O4S/c1-18-26-24(16-25(27-18)34-21-6-4-3-5-7-21)29-12-14-30(15-13-29)35(31,32)22-10-8-20(9-11-22)23-17-33-19(2)28-23/h3-11,16-17H,12-15H2,1-2H3. The number of nitrogens with zero attached hydrogens (tertiary/aromatic N) is 5. The monoisotopic (exact) mass is 491 g/mol. The third-order valence-electron chi connectivity index (χ3n) is 5.74. The maximum absolute atomic E-state index is 13.2. The molecule has 3 heterocycles. The van der Waals surface area contributed by atoms with Crippen molar-refractivity contribution in [3.63, 3.8) is 0 Å². The van der Waals surface area contributed by atoms with Gasteiger partial charge in [-0.15, -0.1) is 0 Å². The molecule has 1 aliphatic heterocycles. The molecule has 1 saturated heterocycles. The van der Waals surface area contributed by atoms with E-state index in [0.29, 0.717) is 61.0 Å². The highest BCUT2D eigenvalue weighted by Crippen LogP contribution is 2.26. The summed E-state index contributed by atoms with van der Waals surface area (Å²) in [4.78, 5) is 15.5. The second-order valence-electron chi connectivity index (χ2n) is 8.19. The van der Waals surface area contributed by atoms with Gasteiger partial charge in [-0.25, -0.2) is 18.4 Å². The number of ether oxygens (including phenoxy) is 1. The molecular formula is C25H25N5O4S. The van der Waals surface area contributed by atoms with Gasteiger partial charge in [0.05, 0.1) is 4.90 Å². The van der Waals surface area contributed by atoms with E-state index in [-0.39, 0.29) is 4.90 Å². The van der Waals surface area contributed by atoms with E-state index in [2.05, 4.69) is 19.9 Å². The van der Waals surface area contributed by atoms with E-state index in [9.17, 15) is 8.42 Å². The fourth-order valence-electron chi connectivity index (χ4n) is 3.95. The van der Waals surface area contributed by atoms with Gasteiger partial charge in [0.15, 0.2) is 5.89 Å². The molecule has 1 aliphatic rings. The third kappa shape index (κ3) is 5.03. The Hall–Kier alpha value is -3.76. The van der Waals surface area contributed by atoms with Gasteiger partial charge in [0, 0.05) is 44.7 Å². The Morgan fingerprint density at radius 1 is 0.886 bits per heavy atom. The molecule has 1 fully saturated rings. The van der Waals surface area contributed by atoms with Crippen molar-refractivity contribution in [2.45, 2.75) is 18.7 Å². The molecule has 0 atom stereocenters. The number of aromatic nitrogens is 3. The first kappa shape index (κ1) is 23.0. The van der Waals surface area contributed by atoms with E-state index in [1.54, 1.807) is 43.5 Å². The van der Waals surface area contributed by atoms with Gasteiger partial charge >= 0.3 is 0 Å². The van der Waals surface area contributed by atoms with Gasteiger partial charge in [0.2, 0.25) is 15.9 Å².